The van der Waals surface area contributed by atoms with Gasteiger partial charge in [0.1, 0.15) is 6.26 Å². The lowest BCUT2D eigenvalue weighted by atomic mass is 10.1. The fourth-order valence-corrected chi connectivity index (χ4v) is 1.25. The van der Waals surface area contributed by atoms with Crippen LogP contribution in [0.15, 0.2) is 10.7 Å². The van der Waals surface area contributed by atoms with E-state index in [2.05, 4.69) is 11.9 Å². The summed E-state index contributed by atoms with van der Waals surface area (Å²) in [4.78, 5) is 14.3. The predicted octanol–water partition coefficient (Wildman–Crippen LogP) is 1.72. The number of rotatable bonds is 3. The first-order valence-electron chi connectivity index (χ1n) is 4.27. The average molecular weight is 181 g/mol. The summed E-state index contributed by atoms with van der Waals surface area (Å²) in [6.07, 6.45) is 4.30. The summed E-state index contributed by atoms with van der Waals surface area (Å²) in [5, 5.41) is 8.59. The van der Waals surface area contributed by atoms with Crippen molar-refractivity contribution in [2.45, 2.75) is 26.2 Å². The Morgan fingerprint density at radius 1 is 1.77 bits per heavy atom. The molecule has 0 unspecified atom stereocenters. The Labute approximate surface area is 75.6 Å². The van der Waals surface area contributed by atoms with Gasteiger partial charge in [0.2, 0.25) is 0 Å². The molecule has 1 fully saturated rings. The Balaban J connectivity index is 2.09. The molecule has 1 aromatic rings. The fourth-order valence-electron chi connectivity index (χ4n) is 1.25. The Morgan fingerprint density at radius 3 is 2.92 bits per heavy atom. The van der Waals surface area contributed by atoms with Crippen LogP contribution >= 0.6 is 0 Å². The molecule has 1 heterocycles. The molecule has 1 aliphatic carbocycles. The lowest BCUT2D eigenvalue weighted by molar-refractivity contribution is 0.0690. The summed E-state index contributed by atoms with van der Waals surface area (Å²) >= 11 is 0. The van der Waals surface area contributed by atoms with Crippen LogP contribution in [-0.2, 0) is 6.42 Å². The van der Waals surface area contributed by atoms with Gasteiger partial charge in [0, 0.05) is 6.42 Å². The average Bonchev–Trinajstić information content (AvgIpc) is 2.62. The minimum atomic E-state index is -1.03. The van der Waals surface area contributed by atoms with Gasteiger partial charge in [-0.15, -0.1) is 0 Å². The van der Waals surface area contributed by atoms with Crippen molar-refractivity contribution >= 4 is 5.97 Å². The maximum absolute atomic E-state index is 10.5. The number of carbonyl (C=O) groups is 1. The molecule has 0 saturated heterocycles. The first-order chi connectivity index (χ1) is 6.09. The van der Waals surface area contributed by atoms with Gasteiger partial charge in [0.25, 0.3) is 0 Å². The largest absolute Gasteiger partial charge is 0.476 e. The summed E-state index contributed by atoms with van der Waals surface area (Å²) in [6.45, 7) is 2.15. The minimum Gasteiger partial charge on any atom is -0.476 e. The second kappa shape index (κ2) is 2.58. The topological polar surface area (TPSA) is 63.3 Å². The van der Waals surface area contributed by atoms with Crippen molar-refractivity contribution in [2.75, 3.05) is 0 Å². The SMILES string of the molecule is CC1(Cc2nc(C(=O)O)co2)CC1. The summed E-state index contributed by atoms with van der Waals surface area (Å²) in [5.74, 6) is -0.492. The van der Waals surface area contributed by atoms with Crippen LogP contribution in [0.1, 0.15) is 36.1 Å². The zero-order valence-corrected chi connectivity index (χ0v) is 7.41. The molecule has 70 valence electrons. The van der Waals surface area contributed by atoms with Gasteiger partial charge in [-0.2, -0.15) is 0 Å². The predicted molar refractivity (Wildman–Crippen MR) is 44.5 cm³/mol. The smallest absolute Gasteiger partial charge is 0.357 e. The zero-order valence-electron chi connectivity index (χ0n) is 7.41. The van der Waals surface area contributed by atoms with E-state index in [9.17, 15) is 4.79 Å². The summed E-state index contributed by atoms with van der Waals surface area (Å²) in [5.41, 5.74) is 0.305. The summed E-state index contributed by atoms with van der Waals surface area (Å²) in [6, 6.07) is 0. The molecule has 0 atom stereocenters. The fraction of sp³-hybridized carbons (Fsp3) is 0.556. The summed E-state index contributed by atoms with van der Waals surface area (Å²) in [7, 11) is 0. The van der Waals surface area contributed by atoms with E-state index >= 15 is 0 Å². The van der Waals surface area contributed by atoms with Crippen LogP contribution in [0.2, 0.25) is 0 Å². The van der Waals surface area contributed by atoms with Crippen molar-refractivity contribution < 1.29 is 14.3 Å². The van der Waals surface area contributed by atoms with E-state index in [1.165, 1.54) is 19.1 Å². The van der Waals surface area contributed by atoms with Crippen LogP contribution in [-0.4, -0.2) is 16.1 Å². The number of hydrogen-bond acceptors (Lipinski definition) is 3. The van der Waals surface area contributed by atoms with Gasteiger partial charge in [-0.3, -0.25) is 0 Å². The second-order valence-electron chi connectivity index (χ2n) is 3.92. The van der Waals surface area contributed by atoms with Crippen LogP contribution in [0, 0.1) is 5.41 Å². The van der Waals surface area contributed by atoms with Crippen molar-refractivity contribution in [1.82, 2.24) is 4.98 Å². The van der Waals surface area contributed by atoms with Crippen LogP contribution in [0.5, 0.6) is 0 Å². The molecule has 2 rings (SSSR count). The van der Waals surface area contributed by atoms with Crippen LogP contribution in [0.3, 0.4) is 0 Å². The first kappa shape index (κ1) is 8.29. The van der Waals surface area contributed by atoms with Gasteiger partial charge in [0.15, 0.2) is 11.6 Å². The first-order valence-corrected chi connectivity index (χ1v) is 4.27. The van der Waals surface area contributed by atoms with Crippen LogP contribution < -0.4 is 0 Å². The molecule has 1 aliphatic rings. The van der Waals surface area contributed by atoms with Gasteiger partial charge < -0.3 is 9.52 Å². The van der Waals surface area contributed by atoms with E-state index in [1.807, 2.05) is 0 Å². The van der Waals surface area contributed by atoms with Crippen LogP contribution in [0.4, 0.5) is 0 Å². The molecular weight excluding hydrogens is 170 g/mol. The number of hydrogen-bond donors (Lipinski definition) is 1. The Bertz CT molecular complexity index is 338. The van der Waals surface area contributed by atoms with E-state index in [1.54, 1.807) is 0 Å². The van der Waals surface area contributed by atoms with E-state index in [-0.39, 0.29) is 5.69 Å². The van der Waals surface area contributed by atoms with E-state index in [0.29, 0.717) is 11.3 Å². The van der Waals surface area contributed by atoms with Crippen molar-refractivity contribution in [3.8, 4) is 0 Å². The number of carboxylic acids is 1. The molecule has 0 amide bonds. The number of aromatic nitrogens is 1. The van der Waals surface area contributed by atoms with E-state index in [4.69, 9.17) is 9.52 Å². The van der Waals surface area contributed by atoms with Crippen molar-refractivity contribution in [3.63, 3.8) is 0 Å². The molecule has 0 bridgehead atoms. The van der Waals surface area contributed by atoms with Gasteiger partial charge in [-0.1, -0.05) is 6.92 Å². The molecule has 1 saturated carbocycles. The third kappa shape index (κ3) is 1.71. The molecule has 0 radical (unpaired) electrons. The molecule has 1 aromatic heterocycles. The van der Waals surface area contributed by atoms with E-state index in [0.717, 1.165) is 6.42 Å². The lowest BCUT2D eigenvalue weighted by Gasteiger charge is -2.01. The van der Waals surface area contributed by atoms with Gasteiger partial charge in [-0.05, 0) is 18.3 Å². The van der Waals surface area contributed by atoms with Gasteiger partial charge >= 0.3 is 5.97 Å². The number of aromatic carboxylic acids is 1. The Kier molecular flexibility index (Phi) is 1.65. The molecule has 1 N–H and O–H groups in total. The second-order valence-corrected chi connectivity index (χ2v) is 3.92. The highest BCUT2D eigenvalue weighted by molar-refractivity contribution is 5.84. The van der Waals surface area contributed by atoms with Crippen molar-refractivity contribution in [1.29, 1.82) is 0 Å². The number of carboxylic acid groups (broad SMARTS) is 1. The molecule has 0 aromatic carbocycles. The summed E-state index contributed by atoms with van der Waals surface area (Å²) < 4.78 is 5.05. The highest BCUT2D eigenvalue weighted by Crippen LogP contribution is 2.47. The molecule has 13 heavy (non-hydrogen) atoms. The minimum absolute atomic E-state index is 0.000694. The monoisotopic (exact) mass is 181 g/mol. The standard InChI is InChI=1S/C9H11NO3/c1-9(2-3-9)4-7-10-6(5-13-7)8(11)12/h5H,2-4H2,1H3,(H,11,12). The highest BCUT2D eigenvalue weighted by Gasteiger charge is 2.38. The third-order valence-electron chi connectivity index (χ3n) is 2.45. The molecule has 0 spiro atoms. The van der Waals surface area contributed by atoms with Gasteiger partial charge in [-0.25, -0.2) is 9.78 Å². The number of nitrogens with zero attached hydrogens (tertiary/aromatic N) is 1. The maximum atomic E-state index is 10.5. The molecular formula is C9H11NO3. The highest BCUT2D eigenvalue weighted by atomic mass is 16.4. The maximum Gasteiger partial charge on any atom is 0.357 e. The molecule has 4 nitrogen and oxygen atoms in total. The third-order valence-corrected chi connectivity index (χ3v) is 2.45. The van der Waals surface area contributed by atoms with E-state index < -0.39 is 5.97 Å². The van der Waals surface area contributed by atoms with Crippen molar-refractivity contribution in [2.24, 2.45) is 5.41 Å². The Morgan fingerprint density at radius 2 is 2.46 bits per heavy atom. The zero-order chi connectivity index (χ0) is 9.47. The normalized spacial score (nSPS) is 18.5. The number of oxazole rings is 1. The Hall–Kier alpha value is -1.32. The van der Waals surface area contributed by atoms with Crippen molar-refractivity contribution in [3.05, 3.63) is 17.8 Å². The quantitative estimate of drug-likeness (QED) is 0.771. The molecule has 0 aliphatic heterocycles. The van der Waals surface area contributed by atoms with Gasteiger partial charge in [0.05, 0.1) is 0 Å². The van der Waals surface area contributed by atoms with Crippen LogP contribution in [0.25, 0.3) is 0 Å². The molecule has 4 heteroatoms. The lowest BCUT2D eigenvalue weighted by Crippen LogP contribution is -2.01.